The molecule has 0 aliphatic rings. The Labute approximate surface area is 149 Å². The first-order valence-electron chi connectivity index (χ1n) is 7.07. The number of amides is 2. The molecule has 0 bridgehead atoms. The first-order valence-corrected chi connectivity index (χ1v) is 7.83. The van der Waals surface area contributed by atoms with Gasteiger partial charge in [0.05, 0.1) is 17.8 Å². The zero-order chi connectivity index (χ0) is 17.5. The van der Waals surface area contributed by atoms with Gasteiger partial charge in [0.2, 0.25) is 0 Å². The van der Waals surface area contributed by atoms with Crippen LogP contribution in [0.5, 0.6) is 0 Å². The highest BCUT2D eigenvalue weighted by molar-refractivity contribution is 6.36. The Morgan fingerprint density at radius 2 is 1.83 bits per heavy atom. The minimum Gasteiger partial charge on any atom is -0.343 e. The molecule has 2 aromatic rings. The lowest BCUT2D eigenvalue weighted by Gasteiger charge is -2.04. The molecule has 124 valence electrons. The van der Waals surface area contributed by atoms with Crippen LogP contribution in [-0.4, -0.2) is 24.6 Å². The SMILES string of the molecule is Cc1ccc(C(=O)NCC(=O)NN=Cc2ccc(Cl)cc2Cl)cc1. The van der Waals surface area contributed by atoms with Crippen LogP contribution in [0.4, 0.5) is 0 Å². The normalized spacial score (nSPS) is 10.6. The summed E-state index contributed by atoms with van der Waals surface area (Å²) in [6.07, 6.45) is 1.40. The van der Waals surface area contributed by atoms with E-state index in [9.17, 15) is 9.59 Å². The number of benzene rings is 2. The van der Waals surface area contributed by atoms with Gasteiger partial charge in [-0.25, -0.2) is 5.43 Å². The molecule has 2 amide bonds. The van der Waals surface area contributed by atoms with Crippen molar-refractivity contribution in [3.05, 3.63) is 69.2 Å². The van der Waals surface area contributed by atoms with Gasteiger partial charge in [-0.2, -0.15) is 5.10 Å². The van der Waals surface area contributed by atoms with Crippen molar-refractivity contribution in [1.29, 1.82) is 0 Å². The highest BCUT2D eigenvalue weighted by atomic mass is 35.5. The number of hydrazone groups is 1. The third-order valence-corrected chi connectivity index (χ3v) is 3.64. The molecule has 0 unspecified atom stereocenters. The molecule has 0 aliphatic carbocycles. The number of halogens is 2. The fourth-order valence-electron chi connectivity index (χ4n) is 1.79. The van der Waals surface area contributed by atoms with Gasteiger partial charge in [0, 0.05) is 16.1 Å². The standard InChI is InChI=1S/C17H15Cl2N3O2/c1-11-2-4-12(5-3-11)17(24)20-10-16(23)22-21-9-13-6-7-14(18)8-15(13)19/h2-9H,10H2,1H3,(H,20,24)(H,22,23). The lowest BCUT2D eigenvalue weighted by molar-refractivity contribution is -0.120. The van der Waals surface area contributed by atoms with E-state index in [1.54, 1.807) is 30.3 Å². The third-order valence-electron chi connectivity index (χ3n) is 3.08. The van der Waals surface area contributed by atoms with Crippen LogP contribution in [0.2, 0.25) is 10.0 Å². The summed E-state index contributed by atoms with van der Waals surface area (Å²) in [4.78, 5) is 23.5. The molecule has 0 fully saturated rings. The Kier molecular flexibility index (Phi) is 6.35. The molecule has 5 nitrogen and oxygen atoms in total. The minimum atomic E-state index is -0.447. The fraction of sp³-hybridized carbons (Fsp3) is 0.118. The van der Waals surface area contributed by atoms with Crippen LogP contribution in [0.1, 0.15) is 21.5 Å². The molecule has 0 aliphatic heterocycles. The van der Waals surface area contributed by atoms with E-state index in [-0.39, 0.29) is 12.5 Å². The van der Waals surface area contributed by atoms with Gasteiger partial charge in [0.25, 0.3) is 11.8 Å². The number of carbonyl (C=O) groups is 2. The van der Waals surface area contributed by atoms with E-state index < -0.39 is 5.91 Å². The smallest absolute Gasteiger partial charge is 0.259 e. The largest absolute Gasteiger partial charge is 0.343 e. The molecular weight excluding hydrogens is 349 g/mol. The van der Waals surface area contributed by atoms with Gasteiger partial charge >= 0.3 is 0 Å². The molecule has 0 atom stereocenters. The average molecular weight is 364 g/mol. The average Bonchev–Trinajstić information content (AvgIpc) is 2.55. The summed E-state index contributed by atoms with van der Waals surface area (Å²) in [7, 11) is 0. The second kappa shape index (κ2) is 8.47. The maximum Gasteiger partial charge on any atom is 0.259 e. The van der Waals surface area contributed by atoms with E-state index >= 15 is 0 Å². The van der Waals surface area contributed by atoms with Crippen LogP contribution in [0.3, 0.4) is 0 Å². The summed E-state index contributed by atoms with van der Waals surface area (Å²) < 4.78 is 0. The number of rotatable bonds is 5. The van der Waals surface area contributed by atoms with Crippen molar-refractivity contribution in [3.8, 4) is 0 Å². The zero-order valence-electron chi connectivity index (χ0n) is 12.8. The number of carbonyl (C=O) groups excluding carboxylic acids is 2. The molecule has 0 radical (unpaired) electrons. The van der Waals surface area contributed by atoms with Gasteiger partial charge in [-0.15, -0.1) is 0 Å². The minimum absolute atomic E-state index is 0.182. The van der Waals surface area contributed by atoms with E-state index in [1.807, 2.05) is 19.1 Å². The number of nitrogens with zero attached hydrogens (tertiary/aromatic N) is 1. The van der Waals surface area contributed by atoms with Gasteiger partial charge in [-0.1, -0.05) is 47.0 Å². The Balaban J connectivity index is 1.81. The Hall–Kier alpha value is -2.37. The highest BCUT2D eigenvalue weighted by Crippen LogP contribution is 2.19. The van der Waals surface area contributed by atoms with Gasteiger partial charge < -0.3 is 5.32 Å². The van der Waals surface area contributed by atoms with Gasteiger partial charge in [-0.05, 0) is 31.2 Å². The predicted molar refractivity (Wildman–Crippen MR) is 95.7 cm³/mol. The number of hydrogen-bond donors (Lipinski definition) is 2. The lowest BCUT2D eigenvalue weighted by atomic mass is 10.1. The van der Waals surface area contributed by atoms with Crippen molar-refractivity contribution in [1.82, 2.24) is 10.7 Å². The molecule has 2 N–H and O–H groups in total. The molecular formula is C17H15Cl2N3O2. The molecule has 2 aromatic carbocycles. The second-order valence-corrected chi connectivity index (χ2v) is 5.85. The van der Waals surface area contributed by atoms with Crippen molar-refractivity contribution < 1.29 is 9.59 Å². The van der Waals surface area contributed by atoms with Crippen LogP contribution in [0.15, 0.2) is 47.6 Å². The van der Waals surface area contributed by atoms with Gasteiger partial charge in [0.15, 0.2) is 0 Å². The first kappa shape index (κ1) is 18.0. The van der Waals surface area contributed by atoms with E-state index in [0.29, 0.717) is 21.2 Å². The van der Waals surface area contributed by atoms with Gasteiger partial charge in [0.1, 0.15) is 0 Å². The van der Waals surface area contributed by atoms with Crippen LogP contribution >= 0.6 is 23.2 Å². The van der Waals surface area contributed by atoms with E-state index in [2.05, 4.69) is 15.8 Å². The molecule has 24 heavy (non-hydrogen) atoms. The van der Waals surface area contributed by atoms with Gasteiger partial charge in [-0.3, -0.25) is 9.59 Å². The number of aryl methyl sites for hydroxylation is 1. The van der Waals surface area contributed by atoms with Crippen LogP contribution in [0, 0.1) is 6.92 Å². The first-order chi connectivity index (χ1) is 11.5. The summed E-state index contributed by atoms with van der Waals surface area (Å²) in [6, 6.07) is 12.0. The van der Waals surface area contributed by atoms with E-state index in [1.165, 1.54) is 6.21 Å². The topological polar surface area (TPSA) is 70.6 Å². The van der Waals surface area contributed by atoms with Crippen molar-refractivity contribution in [2.45, 2.75) is 6.92 Å². The molecule has 0 saturated carbocycles. The molecule has 0 heterocycles. The highest BCUT2D eigenvalue weighted by Gasteiger charge is 2.07. The summed E-state index contributed by atoms with van der Waals surface area (Å²) in [5, 5.41) is 7.25. The number of hydrogen-bond acceptors (Lipinski definition) is 3. The molecule has 0 aromatic heterocycles. The summed E-state index contributed by atoms with van der Waals surface area (Å²) in [5.74, 6) is -0.772. The lowest BCUT2D eigenvalue weighted by Crippen LogP contribution is -2.34. The monoisotopic (exact) mass is 363 g/mol. The Morgan fingerprint density at radius 1 is 1.12 bits per heavy atom. The maximum absolute atomic E-state index is 11.9. The van der Waals surface area contributed by atoms with Crippen molar-refractivity contribution >= 4 is 41.2 Å². The Morgan fingerprint density at radius 3 is 2.50 bits per heavy atom. The van der Waals surface area contributed by atoms with E-state index in [4.69, 9.17) is 23.2 Å². The summed E-state index contributed by atoms with van der Waals surface area (Å²) in [6.45, 7) is 1.75. The third kappa shape index (κ3) is 5.37. The fourth-order valence-corrected chi connectivity index (χ4v) is 2.24. The van der Waals surface area contributed by atoms with Crippen molar-refractivity contribution in [3.63, 3.8) is 0 Å². The second-order valence-electron chi connectivity index (χ2n) is 5.01. The molecule has 7 heteroatoms. The van der Waals surface area contributed by atoms with Crippen LogP contribution in [-0.2, 0) is 4.79 Å². The molecule has 2 rings (SSSR count). The van der Waals surface area contributed by atoms with Crippen molar-refractivity contribution in [2.24, 2.45) is 5.10 Å². The quantitative estimate of drug-likeness (QED) is 0.632. The van der Waals surface area contributed by atoms with Crippen LogP contribution < -0.4 is 10.7 Å². The Bertz CT molecular complexity index is 774. The maximum atomic E-state index is 11.9. The van der Waals surface area contributed by atoms with Crippen LogP contribution in [0.25, 0.3) is 0 Å². The molecule has 0 saturated heterocycles. The summed E-state index contributed by atoms with van der Waals surface area (Å²) >= 11 is 11.8. The van der Waals surface area contributed by atoms with Crippen molar-refractivity contribution in [2.75, 3.05) is 6.54 Å². The summed E-state index contributed by atoms with van der Waals surface area (Å²) in [5.41, 5.74) is 4.47. The van der Waals surface area contributed by atoms with E-state index in [0.717, 1.165) is 5.56 Å². The predicted octanol–water partition coefficient (Wildman–Crippen LogP) is 3.18. The number of nitrogens with one attached hydrogen (secondary N) is 2. The molecule has 0 spiro atoms. The zero-order valence-corrected chi connectivity index (χ0v) is 14.4.